The van der Waals surface area contributed by atoms with Gasteiger partial charge in [0.15, 0.2) is 6.10 Å². The molecule has 2 unspecified atom stereocenters. The maximum Gasteiger partial charge on any atom is 0.410 e. The number of ether oxygens (including phenoxy) is 5. The Hall–Kier alpha value is -6.21. The van der Waals surface area contributed by atoms with Gasteiger partial charge in [0.25, 0.3) is 0 Å². The molecule has 478 valence electrons. The van der Waals surface area contributed by atoms with E-state index in [4.69, 9.17) is 23.7 Å². The number of carboxylic acid groups (broad SMARTS) is 2. The first-order chi connectivity index (χ1) is 40.6. The summed E-state index contributed by atoms with van der Waals surface area (Å²) in [7, 11) is 6.07. The van der Waals surface area contributed by atoms with Crippen LogP contribution in [0.2, 0.25) is 0 Å². The van der Waals surface area contributed by atoms with Crippen molar-refractivity contribution < 1.29 is 82.8 Å². The summed E-state index contributed by atoms with van der Waals surface area (Å²) in [4.78, 5) is 101. The van der Waals surface area contributed by atoms with E-state index in [0.29, 0.717) is 51.9 Å². The zero-order chi connectivity index (χ0) is 64.0. The largest absolute Gasteiger partial charge is 0.481 e. The second-order valence-electron chi connectivity index (χ2n) is 23.8. The number of carbonyl (C=O) groups is 7. The van der Waals surface area contributed by atoms with E-state index in [0.717, 1.165) is 0 Å². The number of allylic oxidation sites excluding steroid dienone is 1. The predicted molar refractivity (Wildman–Crippen MR) is 323 cm³/mol. The van der Waals surface area contributed by atoms with Crippen LogP contribution < -0.4 is 15.4 Å². The molecule has 7 N–H and O–H groups in total. The first kappa shape index (κ1) is 70.6. The topological polar surface area (TPSA) is 301 Å². The Labute approximate surface area is 509 Å². The van der Waals surface area contributed by atoms with Crippen molar-refractivity contribution >= 4 is 63.1 Å². The number of fused-ring (bicyclic) bond motifs is 1. The smallest absolute Gasteiger partial charge is 0.410 e. The van der Waals surface area contributed by atoms with Crippen LogP contribution in [-0.2, 0) is 54.1 Å². The normalized spacial score (nSPS) is 21.8. The van der Waals surface area contributed by atoms with Crippen molar-refractivity contribution in [3.63, 3.8) is 0 Å². The lowest BCUT2D eigenvalue weighted by atomic mass is 9.89. The molecule has 0 saturated carbocycles. The summed E-state index contributed by atoms with van der Waals surface area (Å²) in [5, 5.41) is 57.8. The van der Waals surface area contributed by atoms with Crippen molar-refractivity contribution in [3.05, 3.63) is 77.2 Å². The second-order valence-corrected chi connectivity index (χ2v) is 25.0. The van der Waals surface area contributed by atoms with Crippen molar-refractivity contribution in [2.75, 3.05) is 34.9 Å². The van der Waals surface area contributed by atoms with E-state index in [9.17, 15) is 59.1 Å². The molecule has 0 aliphatic carbocycles. The van der Waals surface area contributed by atoms with Gasteiger partial charge < -0.3 is 69.7 Å². The number of methoxy groups -OCH3 is 2. The van der Waals surface area contributed by atoms with Crippen molar-refractivity contribution in [2.24, 2.45) is 29.6 Å². The van der Waals surface area contributed by atoms with Gasteiger partial charge in [0.1, 0.15) is 30.0 Å². The zero-order valence-corrected chi connectivity index (χ0v) is 52.9. The summed E-state index contributed by atoms with van der Waals surface area (Å²) in [5.41, 5.74) is 1.16. The highest BCUT2D eigenvalue weighted by atomic mass is 32.1. The summed E-state index contributed by atoms with van der Waals surface area (Å²) < 4.78 is 30.6. The standard InChI is InChI=1S/C63H93N5O17S/c1-15-35(7)29-46(41-25-26-45(42-30-40(86-57(41)42)24-27-50(71)72)83-62-55(74)44(69)31-48(84-62)61(78)79)85-63(80)67(12)52(34(5)6)59(76)65-51(33(3)4)60(77)66(11)53(36(8)16-2)47(81-13)32-49(70)68-28-20-23-43(68)56(82-14)37(9)58(75)64-38(10)54(73)39-21-18-17-19-22-39/h15,17-19,21-22,25-26,30,33-38,43-44,46-48,51-56,62,69,73-74H,1,16,20,23-24,27-29,31-32H2,2-14H3,(H,64,75)(H,65,76)(H,71,72)(H,78,79)/t35?,36-,37+,38+,43-,44-,46?,47+,48-,51-,52-,53-,54+,55+,56+,62+/m0/s1. The number of carboxylic acids is 2. The molecule has 2 saturated heterocycles. The monoisotopic (exact) mass is 1220 g/mol. The number of thiophene rings is 1. The fraction of sp³-hybridized carbons (Fsp3) is 0.635. The van der Waals surface area contributed by atoms with Gasteiger partial charge in [-0.3, -0.25) is 28.9 Å². The third-order valence-electron chi connectivity index (χ3n) is 16.9. The average molecular weight is 1220 g/mol. The van der Waals surface area contributed by atoms with Crippen molar-refractivity contribution in [3.8, 4) is 5.75 Å². The molecule has 22 nitrogen and oxygen atoms in total. The van der Waals surface area contributed by atoms with Gasteiger partial charge in [0, 0.05) is 61.8 Å². The maximum atomic E-state index is 15.0. The third kappa shape index (κ3) is 17.5. The number of nitrogens with one attached hydrogen (secondary N) is 2. The van der Waals surface area contributed by atoms with E-state index in [1.54, 1.807) is 88.7 Å². The Morgan fingerprint density at radius 2 is 1.57 bits per heavy atom. The summed E-state index contributed by atoms with van der Waals surface area (Å²) in [6.07, 6.45) is -7.23. The molecule has 2 aromatic carbocycles. The van der Waals surface area contributed by atoms with Crippen LogP contribution in [0.25, 0.3) is 10.1 Å². The summed E-state index contributed by atoms with van der Waals surface area (Å²) in [5.74, 6) is -5.99. The molecule has 3 aromatic rings. The number of rotatable bonds is 31. The van der Waals surface area contributed by atoms with E-state index >= 15 is 0 Å². The SMILES string of the molecule is C=CC(C)CC(OC(=O)N(C)[C@H](C(=O)N[C@H](C(=O)N(C)[C@@H]([C@@H](C)CC)[C@@H](CC(=O)N1CCC[C@H]1[C@H](OC)[C@@H](C)C(=O)N[C@H](C)[C@@H](O)c1ccccc1)OC)C(C)C)C(C)C)c1ccc(O[C@@H]2O[C@H](C(=O)O)C[C@H](O)[C@H]2O)c2cc(CCC(=O)O)sc12. The van der Waals surface area contributed by atoms with Gasteiger partial charge in [-0.05, 0) is 74.0 Å². The molecule has 0 bridgehead atoms. The minimum absolute atomic E-state index is 0.105. The molecule has 16 atom stereocenters. The molecule has 2 aliphatic heterocycles. The molecule has 86 heavy (non-hydrogen) atoms. The Balaban J connectivity index is 1.35. The highest BCUT2D eigenvalue weighted by Gasteiger charge is 2.45. The van der Waals surface area contributed by atoms with Crippen LogP contribution in [0.15, 0.2) is 61.2 Å². The lowest BCUT2D eigenvalue weighted by molar-refractivity contribution is -0.237. The number of nitrogens with zero attached hydrogens (tertiary/aromatic N) is 3. The van der Waals surface area contributed by atoms with Crippen LogP contribution in [0.3, 0.4) is 0 Å². The minimum atomic E-state index is -1.61. The van der Waals surface area contributed by atoms with Crippen LogP contribution in [0.5, 0.6) is 5.75 Å². The summed E-state index contributed by atoms with van der Waals surface area (Å²) >= 11 is 1.23. The molecule has 23 heteroatoms. The predicted octanol–water partition coefficient (Wildman–Crippen LogP) is 6.86. The van der Waals surface area contributed by atoms with Crippen molar-refractivity contribution in [1.82, 2.24) is 25.3 Å². The highest BCUT2D eigenvalue weighted by molar-refractivity contribution is 7.19. The number of aliphatic hydroxyl groups excluding tert-OH is 3. The van der Waals surface area contributed by atoms with Crippen molar-refractivity contribution in [1.29, 1.82) is 0 Å². The van der Waals surface area contributed by atoms with Crippen LogP contribution in [0.1, 0.15) is 135 Å². The Morgan fingerprint density at radius 3 is 2.15 bits per heavy atom. The number of likely N-dealkylation sites (tertiary alicyclic amines) is 1. The molecule has 0 radical (unpaired) electrons. The quantitative estimate of drug-likeness (QED) is 0.0324. The van der Waals surface area contributed by atoms with Crippen LogP contribution in [0, 0.1) is 29.6 Å². The van der Waals surface area contributed by atoms with Gasteiger partial charge in [0.2, 0.25) is 29.9 Å². The van der Waals surface area contributed by atoms with Gasteiger partial charge in [-0.1, -0.05) is 104 Å². The first-order valence-electron chi connectivity index (χ1n) is 29.8. The minimum Gasteiger partial charge on any atom is -0.481 e. The zero-order valence-electron chi connectivity index (χ0n) is 52.0. The lowest BCUT2D eigenvalue weighted by Crippen LogP contribution is -2.60. The van der Waals surface area contributed by atoms with E-state index < -0.39 is 127 Å². The second kappa shape index (κ2) is 32.1. The average Bonchev–Trinajstić information content (AvgIpc) is 1.70. The summed E-state index contributed by atoms with van der Waals surface area (Å²) in [6, 6.07) is 9.93. The number of aryl methyl sites for hydroxylation is 1. The molecule has 0 spiro atoms. The number of benzene rings is 2. The fourth-order valence-electron chi connectivity index (χ4n) is 11.7. The number of likely N-dealkylation sites (N-methyl/N-ethyl adjacent to an activating group) is 2. The summed E-state index contributed by atoms with van der Waals surface area (Å²) in [6.45, 7) is 20.7. The molecular formula is C63H93N5O17S. The molecular weight excluding hydrogens is 1130 g/mol. The Bertz CT molecular complexity index is 2780. The Morgan fingerprint density at radius 1 is 0.895 bits per heavy atom. The molecule has 3 heterocycles. The van der Waals surface area contributed by atoms with Gasteiger partial charge >= 0.3 is 18.0 Å². The molecule has 5 rings (SSSR count). The number of aliphatic hydroxyl groups is 3. The number of carbonyl (C=O) groups excluding carboxylic acids is 5. The van der Waals surface area contributed by atoms with Crippen LogP contribution >= 0.6 is 11.3 Å². The third-order valence-corrected chi connectivity index (χ3v) is 18.2. The molecule has 5 amide bonds. The van der Waals surface area contributed by atoms with Gasteiger partial charge in [0.05, 0.1) is 61.3 Å². The van der Waals surface area contributed by atoms with Crippen LogP contribution in [0.4, 0.5) is 4.79 Å². The maximum absolute atomic E-state index is 15.0. The highest BCUT2D eigenvalue weighted by Crippen LogP contribution is 2.43. The molecule has 2 aliphatic rings. The number of amides is 5. The van der Waals surface area contributed by atoms with E-state index in [-0.39, 0.29) is 61.5 Å². The van der Waals surface area contributed by atoms with Crippen LogP contribution in [-0.4, -0.2) is 184 Å². The van der Waals surface area contributed by atoms with E-state index in [2.05, 4.69) is 17.2 Å². The van der Waals surface area contributed by atoms with E-state index in [1.807, 2.05) is 39.0 Å². The first-order valence-corrected chi connectivity index (χ1v) is 30.6. The number of hydrogen-bond acceptors (Lipinski definition) is 16. The molecule has 1 aromatic heterocycles. The molecule has 2 fully saturated rings. The number of hydrogen-bond donors (Lipinski definition) is 7. The van der Waals surface area contributed by atoms with Gasteiger partial charge in [-0.25, -0.2) is 9.59 Å². The van der Waals surface area contributed by atoms with Gasteiger partial charge in [-0.15, -0.1) is 17.9 Å². The lowest BCUT2D eigenvalue weighted by Gasteiger charge is -2.41. The van der Waals surface area contributed by atoms with E-state index in [1.165, 1.54) is 43.6 Å². The number of aliphatic carboxylic acids is 2. The van der Waals surface area contributed by atoms with Gasteiger partial charge in [-0.2, -0.15) is 0 Å². The Kier molecular flexibility index (Phi) is 26.4. The fourth-order valence-corrected chi connectivity index (χ4v) is 12.9. The van der Waals surface area contributed by atoms with Crippen molar-refractivity contribution in [2.45, 2.75) is 193 Å².